The molecule has 0 radical (unpaired) electrons. The van der Waals surface area contributed by atoms with Crippen molar-refractivity contribution in [2.45, 2.75) is 65.4 Å². The first-order chi connectivity index (χ1) is 7.79. The van der Waals surface area contributed by atoms with Gasteiger partial charge in [-0.2, -0.15) is 0 Å². The first kappa shape index (κ1) is 14.2. The highest BCUT2D eigenvalue weighted by Gasteiger charge is 2.29. The van der Waals surface area contributed by atoms with Crippen LogP contribution in [0.1, 0.15) is 59.8 Å². The normalized spacial score (nSPS) is 26.5. The minimum absolute atomic E-state index is 0.102. The summed E-state index contributed by atoms with van der Waals surface area (Å²) in [5, 5.41) is 0. The van der Waals surface area contributed by atoms with E-state index >= 15 is 0 Å². The van der Waals surface area contributed by atoms with Gasteiger partial charge in [-0.25, -0.2) is 0 Å². The molecule has 0 N–H and O–H groups in total. The summed E-state index contributed by atoms with van der Waals surface area (Å²) in [6.07, 6.45) is 4.19. The summed E-state index contributed by atoms with van der Waals surface area (Å²) in [4.78, 5) is 23.8. The second-order valence-corrected chi connectivity index (χ2v) is 6.08. The minimum atomic E-state index is -0.462. The van der Waals surface area contributed by atoms with E-state index in [1.54, 1.807) is 0 Å². The number of ether oxygens (including phenoxy) is 1. The number of hydrogen-bond donors (Lipinski definition) is 0. The van der Waals surface area contributed by atoms with Crippen molar-refractivity contribution < 1.29 is 14.3 Å². The molecule has 0 aromatic heterocycles. The Morgan fingerprint density at radius 2 is 1.88 bits per heavy atom. The summed E-state index contributed by atoms with van der Waals surface area (Å²) in [5.74, 6) is -0.0226. The standard InChI is InChI=1S/C14H24O3/c1-10-7-5-6-8-11(13(10)16)9-12(15)17-14(2,3)4/h10-11H,5-9H2,1-4H3/t10?,11-/m0/s1. The van der Waals surface area contributed by atoms with Gasteiger partial charge >= 0.3 is 5.97 Å². The van der Waals surface area contributed by atoms with Crippen molar-refractivity contribution in [3.63, 3.8) is 0 Å². The first-order valence-electron chi connectivity index (χ1n) is 6.55. The maximum atomic E-state index is 12.0. The topological polar surface area (TPSA) is 43.4 Å². The summed E-state index contributed by atoms with van der Waals surface area (Å²) in [6.45, 7) is 7.52. The largest absolute Gasteiger partial charge is 0.460 e. The molecule has 0 amide bonds. The van der Waals surface area contributed by atoms with Gasteiger partial charge in [-0.3, -0.25) is 9.59 Å². The molecule has 1 aliphatic rings. The van der Waals surface area contributed by atoms with Crippen LogP contribution in [0.5, 0.6) is 0 Å². The van der Waals surface area contributed by atoms with Crippen LogP contribution in [0.2, 0.25) is 0 Å². The number of ketones is 1. The van der Waals surface area contributed by atoms with Crippen LogP contribution < -0.4 is 0 Å². The zero-order chi connectivity index (χ0) is 13.1. The SMILES string of the molecule is CC1CCCC[C@@H](CC(=O)OC(C)(C)C)C1=O. The lowest BCUT2D eigenvalue weighted by Crippen LogP contribution is -2.28. The molecule has 0 aliphatic heterocycles. The van der Waals surface area contributed by atoms with Gasteiger partial charge in [0.2, 0.25) is 0 Å². The molecular weight excluding hydrogens is 216 g/mol. The summed E-state index contributed by atoms with van der Waals surface area (Å²) < 4.78 is 5.27. The summed E-state index contributed by atoms with van der Waals surface area (Å²) in [5.41, 5.74) is -0.462. The van der Waals surface area contributed by atoms with E-state index in [4.69, 9.17) is 4.74 Å². The molecule has 0 spiro atoms. The zero-order valence-electron chi connectivity index (χ0n) is 11.4. The molecule has 0 bridgehead atoms. The van der Waals surface area contributed by atoms with Crippen LogP contribution in [0.3, 0.4) is 0 Å². The number of rotatable bonds is 2. The molecule has 17 heavy (non-hydrogen) atoms. The zero-order valence-corrected chi connectivity index (χ0v) is 11.4. The highest BCUT2D eigenvalue weighted by Crippen LogP contribution is 2.27. The Balaban J connectivity index is 2.54. The van der Waals surface area contributed by atoms with Crippen LogP contribution in [0.15, 0.2) is 0 Å². The van der Waals surface area contributed by atoms with Gasteiger partial charge in [-0.05, 0) is 33.6 Å². The molecule has 0 heterocycles. The molecule has 1 saturated carbocycles. The van der Waals surface area contributed by atoms with E-state index in [0.717, 1.165) is 25.7 Å². The Morgan fingerprint density at radius 3 is 2.47 bits per heavy atom. The van der Waals surface area contributed by atoms with Crippen LogP contribution >= 0.6 is 0 Å². The van der Waals surface area contributed by atoms with Crippen molar-refractivity contribution in [2.75, 3.05) is 0 Å². The lowest BCUT2D eigenvalue weighted by molar-refractivity contribution is -0.157. The molecule has 1 unspecified atom stereocenters. The molecule has 2 atom stereocenters. The predicted molar refractivity (Wildman–Crippen MR) is 66.6 cm³/mol. The summed E-state index contributed by atoms with van der Waals surface area (Å²) in [6, 6.07) is 0. The van der Waals surface area contributed by atoms with Crippen molar-refractivity contribution >= 4 is 11.8 Å². The fraction of sp³-hybridized carbons (Fsp3) is 0.857. The lowest BCUT2D eigenvalue weighted by atomic mass is 9.90. The fourth-order valence-corrected chi connectivity index (χ4v) is 2.32. The Hall–Kier alpha value is -0.860. The molecule has 3 heteroatoms. The summed E-state index contributed by atoms with van der Waals surface area (Å²) >= 11 is 0. The predicted octanol–water partition coefficient (Wildman–Crippen LogP) is 3.11. The third kappa shape index (κ3) is 4.88. The minimum Gasteiger partial charge on any atom is -0.460 e. The molecule has 1 rings (SSSR count). The average molecular weight is 240 g/mol. The molecule has 1 fully saturated rings. The van der Waals surface area contributed by atoms with E-state index in [1.165, 1.54) is 0 Å². The highest BCUT2D eigenvalue weighted by atomic mass is 16.6. The van der Waals surface area contributed by atoms with Gasteiger partial charge in [0.15, 0.2) is 0 Å². The van der Waals surface area contributed by atoms with E-state index in [-0.39, 0.29) is 30.0 Å². The quantitative estimate of drug-likeness (QED) is 0.550. The van der Waals surface area contributed by atoms with Crippen LogP contribution in [-0.4, -0.2) is 17.4 Å². The second-order valence-electron chi connectivity index (χ2n) is 6.08. The number of carbonyl (C=O) groups excluding carboxylic acids is 2. The van der Waals surface area contributed by atoms with Gasteiger partial charge in [0, 0.05) is 11.8 Å². The maximum absolute atomic E-state index is 12.0. The Labute approximate surface area is 104 Å². The fourth-order valence-electron chi connectivity index (χ4n) is 2.32. The average Bonchev–Trinajstić information content (AvgIpc) is 2.30. The Kier molecular flexibility index (Phi) is 4.72. The van der Waals surface area contributed by atoms with Gasteiger partial charge < -0.3 is 4.74 Å². The van der Waals surface area contributed by atoms with Crippen molar-refractivity contribution in [3.05, 3.63) is 0 Å². The maximum Gasteiger partial charge on any atom is 0.307 e. The van der Waals surface area contributed by atoms with Crippen LogP contribution in [0, 0.1) is 11.8 Å². The number of carbonyl (C=O) groups is 2. The van der Waals surface area contributed by atoms with Gasteiger partial charge in [-0.1, -0.05) is 19.8 Å². The van der Waals surface area contributed by atoms with E-state index in [2.05, 4.69) is 0 Å². The van der Waals surface area contributed by atoms with Gasteiger partial charge in [0.1, 0.15) is 11.4 Å². The number of Topliss-reactive ketones (excluding diaryl/α,β-unsaturated/α-hetero) is 1. The smallest absolute Gasteiger partial charge is 0.307 e. The van der Waals surface area contributed by atoms with Crippen molar-refractivity contribution in [3.8, 4) is 0 Å². The summed E-state index contributed by atoms with van der Waals surface area (Å²) in [7, 11) is 0. The van der Waals surface area contributed by atoms with Crippen molar-refractivity contribution in [1.82, 2.24) is 0 Å². The van der Waals surface area contributed by atoms with Crippen LogP contribution in [-0.2, 0) is 14.3 Å². The van der Waals surface area contributed by atoms with E-state index in [1.807, 2.05) is 27.7 Å². The van der Waals surface area contributed by atoms with Crippen molar-refractivity contribution in [1.29, 1.82) is 0 Å². The van der Waals surface area contributed by atoms with Gasteiger partial charge in [-0.15, -0.1) is 0 Å². The number of hydrogen-bond acceptors (Lipinski definition) is 3. The van der Waals surface area contributed by atoms with Crippen LogP contribution in [0.25, 0.3) is 0 Å². The molecule has 1 aliphatic carbocycles. The van der Waals surface area contributed by atoms with E-state index in [0.29, 0.717) is 0 Å². The number of esters is 1. The molecule has 98 valence electrons. The first-order valence-corrected chi connectivity index (χ1v) is 6.55. The van der Waals surface area contributed by atoms with Gasteiger partial charge in [0.25, 0.3) is 0 Å². The molecular formula is C14H24O3. The molecule has 0 aromatic carbocycles. The van der Waals surface area contributed by atoms with E-state index < -0.39 is 5.60 Å². The monoisotopic (exact) mass is 240 g/mol. The Morgan fingerprint density at radius 1 is 1.29 bits per heavy atom. The molecule has 3 nitrogen and oxygen atoms in total. The third-order valence-corrected chi connectivity index (χ3v) is 3.16. The highest BCUT2D eigenvalue weighted by molar-refractivity contribution is 5.87. The van der Waals surface area contributed by atoms with Crippen molar-refractivity contribution in [2.24, 2.45) is 11.8 Å². The molecule has 0 aromatic rings. The Bertz CT molecular complexity index is 288. The van der Waals surface area contributed by atoms with Crippen LogP contribution in [0.4, 0.5) is 0 Å². The second kappa shape index (κ2) is 5.65. The van der Waals surface area contributed by atoms with Gasteiger partial charge in [0.05, 0.1) is 6.42 Å². The lowest BCUT2D eigenvalue weighted by Gasteiger charge is -2.22. The third-order valence-electron chi connectivity index (χ3n) is 3.16. The molecule has 0 saturated heterocycles. The van der Waals surface area contributed by atoms with E-state index in [9.17, 15) is 9.59 Å².